The van der Waals surface area contributed by atoms with Crippen molar-refractivity contribution >= 4 is 27.3 Å². The molecule has 3 N–H and O–H groups in total. The van der Waals surface area contributed by atoms with Crippen LogP contribution in [0, 0.1) is 0 Å². The molecule has 2 aromatic rings. The monoisotopic (exact) mass is 395 g/mol. The minimum atomic E-state index is -3.54. The predicted octanol–water partition coefficient (Wildman–Crippen LogP) is 1.78. The van der Waals surface area contributed by atoms with Crippen molar-refractivity contribution in [1.82, 2.24) is 20.3 Å². The molecule has 0 aliphatic carbocycles. The third-order valence-electron chi connectivity index (χ3n) is 3.55. The second kappa shape index (κ2) is 10.2. The van der Waals surface area contributed by atoms with Crippen molar-refractivity contribution in [2.45, 2.75) is 24.7 Å². The lowest BCUT2D eigenvalue weighted by molar-refractivity contribution is 0.580. The number of sulfonamides is 1. The number of aliphatic imine (C=N–C) groups is 1. The molecule has 0 amide bonds. The van der Waals surface area contributed by atoms with Crippen LogP contribution in [-0.4, -0.2) is 45.5 Å². The molecule has 2 aromatic heterocycles. The third-order valence-corrected chi connectivity index (χ3v) is 6.10. The molecular weight excluding hydrogens is 370 g/mol. The Morgan fingerprint density at radius 1 is 1.27 bits per heavy atom. The van der Waals surface area contributed by atoms with Gasteiger partial charge in [-0.2, -0.15) is 0 Å². The largest absolute Gasteiger partial charge is 0.357 e. The molecule has 0 bridgehead atoms. The van der Waals surface area contributed by atoms with E-state index < -0.39 is 10.0 Å². The van der Waals surface area contributed by atoms with Gasteiger partial charge >= 0.3 is 0 Å². The van der Waals surface area contributed by atoms with Gasteiger partial charge in [0.25, 0.3) is 0 Å². The van der Waals surface area contributed by atoms with Crippen LogP contribution in [0.25, 0.3) is 0 Å². The van der Waals surface area contributed by atoms with Crippen molar-refractivity contribution in [2.24, 2.45) is 4.99 Å². The Bertz CT molecular complexity index is 777. The summed E-state index contributed by atoms with van der Waals surface area (Å²) in [6.07, 6.45) is 2.87. The first kappa shape index (κ1) is 20.3. The summed E-state index contributed by atoms with van der Waals surface area (Å²) < 4.78 is 26.8. The van der Waals surface area contributed by atoms with Crippen LogP contribution in [0.1, 0.15) is 24.6 Å². The SMILES string of the molecule is CCNC(=NCC(C)c1cccs1)NCCNS(=O)(=O)c1cccnc1. The molecular formula is C17H25N5O2S2. The Kier molecular flexibility index (Phi) is 8.02. The molecule has 0 fully saturated rings. The van der Waals surface area contributed by atoms with E-state index in [1.807, 2.05) is 13.0 Å². The molecule has 9 heteroatoms. The summed E-state index contributed by atoms with van der Waals surface area (Å²) in [7, 11) is -3.54. The summed E-state index contributed by atoms with van der Waals surface area (Å²) >= 11 is 1.73. The Balaban J connectivity index is 1.82. The number of guanidine groups is 1. The maximum absolute atomic E-state index is 12.1. The molecule has 1 unspecified atom stereocenters. The molecule has 0 spiro atoms. The van der Waals surface area contributed by atoms with E-state index in [2.05, 4.69) is 43.7 Å². The van der Waals surface area contributed by atoms with Gasteiger partial charge in [-0.15, -0.1) is 11.3 Å². The summed E-state index contributed by atoms with van der Waals surface area (Å²) in [5, 5.41) is 8.38. The maximum Gasteiger partial charge on any atom is 0.242 e. The summed E-state index contributed by atoms with van der Waals surface area (Å²) in [4.78, 5) is 9.86. The van der Waals surface area contributed by atoms with Gasteiger partial charge in [0.15, 0.2) is 5.96 Å². The van der Waals surface area contributed by atoms with E-state index in [9.17, 15) is 8.42 Å². The Morgan fingerprint density at radius 2 is 2.12 bits per heavy atom. The average molecular weight is 396 g/mol. The first-order valence-corrected chi connectivity index (χ1v) is 10.8. The van der Waals surface area contributed by atoms with E-state index in [0.29, 0.717) is 25.0 Å². The number of nitrogens with zero attached hydrogens (tertiary/aromatic N) is 2. The molecule has 0 saturated heterocycles. The van der Waals surface area contributed by atoms with E-state index in [1.54, 1.807) is 17.4 Å². The number of pyridine rings is 1. The standard InChI is InChI=1S/C17H25N5O2S2/c1-3-19-17(21-12-14(2)16-7-5-11-25-16)20-9-10-22-26(23,24)15-6-4-8-18-13-15/h4-8,11,13-14,22H,3,9-10,12H2,1-2H3,(H2,19,20,21). The van der Waals surface area contributed by atoms with E-state index in [0.717, 1.165) is 6.54 Å². The van der Waals surface area contributed by atoms with Gasteiger partial charge in [-0.05, 0) is 30.5 Å². The molecule has 0 saturated carbocycles. The molecule has 0 aromatic carbocycles. The van der Waals surface area contributed by atoms with Crippen LogP contribution in [0.15, 0.2) is 51.9 Å². The summed E-state index contributed by atoms with van der Waals surface area (Å²) in [6, 6.07) is 7.26. The van der Waals surface area contributed by atoms with Crippen molar-refractivity contribution in [1.29, 1.82) is 0 Å². The van der Waals surface area contributed by atoms with Gasteiger partial charge in [0, 0.05) is 42.8 Å². The Morgan fingerprint density at radius 3 is 2.77 bits per heavy atom. The van der Waals surface area contributed by atoms with E-state index >= 15 is 0 Å². The van der Waals surface area contributed by atoms with Gasteiger partial charge in [-0.25, -0.2) is 13.1 Å². The minimum Gasteiger partial charge on any atom is -0.357 e. The van der Waals surface area contributed by atoms with Crippen LogP contribution in [-0.2, 0) is 10.0 Å². The highest BCUT2D eigenvalue weighted by Gasteiger charge is 2.13. The molecule has 0 aliphatic heterocycles. The number of aromatic nitrogens is 1. The molecule has 0 aliphatic rings. The van der Waals surface area contributed by atoms with Crippen molar-refractivity contribution in [3.05, 3.63) is 46.9 Å². The fourth-order valence-corrected chi connectivity index (χ4v) is 3.96. The highest BCUT2D eigenvalue weighted by molar-refractivity contribution is 7.89. The summed E-state index contributed by atoms with van der Waals surface area (Å²) in [6.45, 7) is 6.21. The normalized spacial score (nSPS) is 13.4. The number of hydrogen-bond acceptors (Lipinski definition) is 5. The predicted molar refractivity (Wildman–Crippen MR) is 106 cm³/mol. The van der Waals surface area contributed by atoms with Crippen LogP contribution in [0.4, 0.5) is 0 Å². The van der Waals surface area contributed by atoms with Crippen molar-refractivity contribution in [3.8, 4) is 0 Å². The second-order valence-electron chi connectivity index (χ2n) is 5.65. The lowest BCUT2D eigenvalue weighted by Crippen LogP contribution is -2.41. The topological polar surface area (TPSA) is 95.5 Å². The minimum absolute atomic E-state index is 0.158. The maximum atomic E-state index is 12.1. The van der Waals surface area contributed by atoms with Crippen LogP contribution in [0.3, 0.4) is 0 Å². The van der Waals surface area contributed by atoms with Crippen LogP contribution in [0.2, 0.25) is 0 Å². The quantitative estimate of drug-likeness (QED) is 0.342. The highest BCUT2D eigenvalue weighted by atomic mass is 32.2. The van der Waals surface area contributed by atoms with Gasteiger partial charge in [0.05, 0.1) is 6.54 Å². The van der Waals surface area contributed by atoms with E-state index in [4.69, 9.17) is 0 Å². The lowest BCUT2D eigenvalue weighted by Gasteiger charge is -2.13. The van der Waals surface area contributed by atoms with Crippen molar-refractivity contribution in [3.63, 3.8) is 0 Å². The fourth-order valence-electron chi connectivity index (χ4n) is 2.19. The molecule has 1 atom stereocenters. The Labute approximate surface area is 159 Å². The first-order valence-electron chi connectivity index (χ1n) is 8.48. The highest BCUT2D eigenvalue weighted by Crippen LogP contribution is 2.20. The Hall–Kier alpha value is -1.97. The van der Waals surface area contributed by atoms with E-state index in [-0.39, 0.29) is 11.4 Å². The molecule has 2 heterocycles. The number of hydrogen-bond donors (Lipinski definition) is 3. The van der Waals surface area contributed by atoms with Gasteiger partial charge in [0.1, 0.15) is 4.90 Å². The summed E-state index contributed by atoms with van der Waals surface area (Å²) in [5.41, 5.74) is 0. The average Bonchev–Trinajstić information content (AvgIpc) is 3.18. The van der Waals surface area contributed by atoms with Crippen LogP contribution in [0.5, 0.6) is 0 Å². The van der Waals surface area contributed by atoms with Gasteiger partial charge in [-0.3, -0.25) is 9.98 Å². The second-order valence-corrected chi connectivity index (χ2v) is 8.40. The molecule has 142 valence electrons. The fraction of sp³-hybridized carbons (Fsp3) is 0.412. The number of nitrogens with one attached hydrogen (secondary N) is 3. The molecule has 0 radical (unpaired) electrons. The summed E-state index contributed by atoms with van der Waals surface area (Å²) in [5.74, 6) is 1.02. The zero-order chi connectivity index (χ0) is 18.8. The van der Waals surface area contributed by atoms with Gasteiger partial charge in [0.2, 0.25) is 10.0 Å². The van der Waals surface area contributed by atoms with Crippen molar-refractivity contribution < 1.29 is 8.42 Å². The van der Waals surface area contributed by atoms with Gasteiger partial charge in [-0.1, -0.05) is 13.0 Å². The molecule has 7 nitrogen and oxygen atoms in total. The lowest BCUT2D eigenvalue weighted by atomic mass is 10.1. The van der Waals surface area contributed by atoms with Crippen molar-refractivity contribution in [2.75, 3.05) is 26.2 Å². The first-order chi connectivity index (χ1) is 12.5. The van der Waals surface area contributed by atoms with Crippen LogP contribution < -0.4 is 15.4 Å². The third kappa shape index (κ3) is 6.40. The zero-order valence-corrected chi connectivity index (χ0v) is 16.6. The van der Waals surface area contributed by atoms with Crippen LogP contribution >= 0.6 is 11.3 Å². The van der Waals surface area contributed by atoms with Gasteiger partial charge < -0.3 is 10.6 Å². The molecule has 26 heavy (non-hydrogen) atoms. The smallest absolute Gasteiger partial charge is 0.242 e. The molecule has 2 rings (SSSR count). The number of rotatable bonds is 9. The van der Waals surface area contributed by atoms with E-state index in [1.165, 1.54) is 23.3 Å². The zero-order valence-electron chi connectivity index (χ0n) is 15.0. The number of thiophene rings is 1.